The van der Waals surface area contributed by atoms with Crippen LogP contribution in [0.25, 0.3) is 33.5 Å². The highest BCUT2D eigenvalue weighted by Gasteiger charge is 2.13. The lowest BCUT2D eigenvalue weighted by molar-refractivity contribution is -0.136. The molecular weight excluding hydrogens is 292 g/mol. The van der Waals surface area contributed by atoms with Crippen LogP contribution in [-0.4, -0.2) is 21.0 Å². The Kier molecular flexibility index (Phi) is 3.05. The van der Waals surface area contributed by atoms with Gasteiger partial charge in [0.1, 0.15) is 11.2 Å². The molecule has 0 saturated carbocycles. The molecule has 0 amide bonds. The summed E-state index contributed by atoms with van der Waals surface area (Å²) in [5.41, 5.74) is 2.61. The minimum Gasteiger partial charge on any atom is -0.481 e. The maximum absolute atomic E-state index is 10.8. The molecule has 2 aromatic heterocycles. The van der Waals surface area contributed by atoms with Crippen LogP contribution in [0.15, 0.2) is 59.1 Å². The van der Waals surface area contributed by atoms with Gasteiger partial charge in [-0.3, -0.25) is 9.78 Å². The Labute approximate surface area is 131 Å². The average Bonchev–Trinajstić information content (AvgIpc) is 2.96. The molecule has 2 aromatic carbocycles. The number of hydrogen-bond donors (Lipinski definition) is 1. The van der Waals surface area contributed by atoms with E-state index < -0.39 is 5.97 Å². The maximum atomic E-state index is 10.8. The summed E-state index contributed by atoms with van der Waals surface area (Å²) < 4.78 is 5.82. The molecule has 112 valence electrons. The summed E-state index contributed by atoms with van der Waals surface area (Å²) >= 11 is 0. The van der Waals surface area contributed by atoms with Gasteiger partial charge in [-0.1, -0.05) is 30.3 Å². The molecular formula is C18H12N2O3. The SMILES string of the molecule is O=C(O)Cc1ccc2nc(-c3nccc4ccccc34)oc2c1. The van der Waals surface area contributed by atoms with E-state index in [1.54, 1.807) is 24.4 Å². The predicted octanol–water partition coefficient (Wildman–Crippen LogP) is 3.67. The molecule has 4 rings (SSSR count). The number of rotatable bonds is 3. The van der Waals surface area contributed by atoms with Crippen molar-refractivity contribution in [3.05, 3.63) is 60.3 Å². The molecule has 5 nitrogen and oxygen atoms in total. The van der Waals surface area contributed by atoms with Crippen LogP contribution in [0.4, 0.5) is 0 Å². The number of hydrogen-bond acceptors (Lipinski definition) is 4. The number of nitrogens with zero attached hydrogens (tertiary/aromatic N) is 2. The van der Waals surface area contributed by atoms with Crippen LogP contribution in [0.3, 0.4) is 0 Å². The molecule has 0 unspecified atom stereocenters. The van der Waals surface area contributed by atoms with Gasteiger partial charge < -0.3 is 9.52 Å². The molecule has 0 aliphatic heterocycles. The Bertz CT molecular complexity index is 1030. The fourth-order valence-electron chi connectivity index (χ4n) is 2.64. The number of benzene rings is 2. The highest BCUT2D eigenvalue weighted by atomic mass is 16.4. The first kappa shape index (κ1) is 13.5. The molecule has 0 atom stereocenters. The zero-order chi connectivity index (χ0) is 15.8. The van der Waals surface area contributed by atoms with Crippen LogP contribution in [0, 0.1) is 0 Å². The Balaban J connectivity index is 1.86. The van der Waals surface area contributed by atoms with E-state index in [2.05, 4.69) is 9.97 Å². The van der Waals surface area contributed by atoms with E-state index in [-0.39, 0.29) is 6.42 Å². The number of pyridine rings is 1. The van der Waals surface area contributed by atoms with Crippen molar-refractivity contribution in [2.75, 3.05) is 0 Å². The van der Waals surface area contributed by atoms with Crippen molar-refractivity contribution in [3.8, 4) is 11.6 Å². The van der Waals surface area contributed by atoms with Crippen LogP contribution in [0.5, 0.6) is 0 Å². The minimum atomic E-state index is -0.875. The fraction of sp³-hybridized carbons (Fsp3) is 0.0556. The highest BCUT2D eigenvalue weighted by molar-refractivity contribution is 5.93. The molecule has 0 radical (unpaired) electrons. The van der Waals surface area contributed by atoms with Gasteiger partial charge in [-0.15, -0.1) is 0 Å². The summed E-state index contributed by atoms with van der Waals surface area (Å²) in [6, 6.07) is 15.1. The second kappa shape index (κ2) is 5.21. The van der Waals surface area contributed by atoms with Crippen molar-refractivity contribution in [1.29, 1.82) is 0 Å². The van der Waals surface area contributed by atoms with Crippen LogP contribution in [0.1, 0.15) is 5.56 Å². The molecule has 1 N–H and O–H groups in total. The van der Waals surface area contributed by atoms with Gasteiger partial charge >= 0.3 is 5.97 Å². The van der Waals surface area contributed by atoms with Gasteiger partial charge in [0.15, 0.2) is 5.58 Å². The van der Waals surface area contributed by atoms with E-state index in [0.29, 0.717) is 28.2 Å². The molecule has 0 saturated heterocycles. The van der Waals surface area contributed by atoms with E-state index in [9.17, 15) is 4.79 Å². The van der Waals surface area contributed by atoms with Crippen molar-refractivity contribution in [3.63, 3.8) is 0 Å². The highest BCUT2D eigenvalue weighted by Crippen LogP contribution is 2.29. The average molecular weight is 304 g/mol. The second-order valence-corrected chi connectivity index (χ2v) is 5.27. The summed E-state index contributed by atoms with van der Waals surface area (Å²) in [4.78, 5) is 19.7. The lowest BCUT2D eigenvalue weighted by Gasteiger charge is -2.00. The van der Waals surface area contributed by atoms with Gasteiger partial charge in [-0.25, -0.2) is 4.98 Å². The van der Waals surface area contributed by atoms with Crippen molar-refractivity contribution in [1.82, 2.24) is 9.97 Å². The summed E-state index contributed by atoms with van der Waals surface area (Å²) in [7, 11) is 0. The topological polar surface area (TPSA) is 76.2 Å². The molecule has 23 heavy (non-hydrogen) atoms. The number of carboxylic acid groups (broad SMARTS) is 1. The van der Waals surface area contributed by atoms with E-state index in [1.165, 1.54) is 0 Å². The minimum absolute atomic E-state index is 0.0432. The van der Waals surface area contributed by atoms with Gasteiger partial charge in [0.05, 0.1) is 6.42 Å². The standard InChI is InChI=1S/C18H12N2O3/c21-16(22)10-11-5-6-14-15(9-11)23-18(20-14)17-13-4-2-1-3-12(13)7-8-19-17/h1-9H,10H2,(H,21,22). The van der Waals surface area contributed by atoms with Crippen molar-refractivity contribution in [2.45, 2.75) is 6.42 Å². The third-order valence-electron chi connectivity index (χ3n) is 3.68. The lowest BCUT2D eigenvalue weighted by atomic mass is 10.1. The van der Waals surface area contributed by atoms with Gasteiger partial charge in [-0.2, -0.15) is 0 Å². The number of aliphatic carboxylic acids is 1. The van der Waals surface area contributed by atoms with Crippen LogP contribution >= 0.6 is 0 Å². The fourth-order valence-corrected chi connectivity index (χ4v) is 2.64. The number of oxazole rings is 1. The van der Waals surface area contributed by atoms with E-state index >= 15 is 0 Å². The molecule has 5 heteroatoms. The third-order valence-corrected chi connectivity index (χ3v) is 3.68. The van der Waals surface area contributed by atoms with Crippen molar-refractivity contribution < 1.29 is 14.3 Å². The predicted molar refractivity (Wildman–Crippen MR) is 86.1 cm³/mol. The van der Waals surface area contributed by atoms with E-state index in [0.717, 1.165) is 10.8 Å². The first-order valence-corrected chi connectivity index (χ1v) is 7.16. The number of fused-ring (bicyclic) bond motifs is 2. The monoisotopic (exact) mass is 304 g/mol. The van der Waals surface area contributed by atoms with Gasteiger partial charge in [0.2, 0.25) is 5.89 Å². The molecule has 0 bridgehead atoms. The molecule has 0 spiro atoms. The Morgan fingerprint density at radius 2 is 2.00 bits per heavy atom. The maximum Gasteiger partial charge on any atom is 0.307 e. The number of carbonyl (C=O) groups is 1. The molecule has 0 fully saturated rings. The van der Waals surface area contributed by atoms with E-state index in [1.807, 2.05) is 30.3 Å². The van der Waals surface area contributed by atoms with Crippen molar-refractivity contribution >= 4 is 27.8 Å². The number of carboxylic acids is 1. The molecule has 0 aliphatic carbocycles. The number of aromatic nitrogens is 2. The third kappa shape index (κ3) is 2.42. The first-order chi connectivity index (χ1) is 11.2. The summed E-state index contributed by atoms with van der Waals surface area (Å²) in [6.45, 7) is 0. The van der Waals surface area contributed by atoms with Crippen molar-refractivity contribution in [2.24, 2.45) is 0 Å². The Morgan fingerprint density at radius 3 is 2.87 bits per heavy atom. The van der Waals surface area contributed by atoms with Gasteiger partial charge in [-0.05, 0) is 29.1 Å². The largest absolute Gasteiger partial charge is 0.481 e. The molecule has 2 heterocycles. The van der Waals surface area contributed by atoms with E-state index in [4.69, 9.17) is 9.52 Å². The molecule has 0 aliphatic rings. The zero-order valence-corrected chi connectivity index (χ0v) is 12.1. The van der Waals surface area contributed by atoms with Crippen LogP contribution in [0.2, 0.25) is 0 Å². The van der Waals surface area contributed by atoms with Crippen LogP contribution in [-0.2, 0) is 11.2 Å². The quantitative estimate of drug-likeness (QED) is 0.625. The summed E-state index contributed by atoms with van der Waals surface area (Å²) in [5, 5.41) is 10.9. The Hall–Kier alpha value is -3.21. The van der Waals surface area contributed by atoms with Gasteiger partial charge in [0.25, 0.3) is 0 Å². The first-order valence-electron chi connectivity index (χ1n) is 7.16. The second-order valence-electron chi connectivity index (χ2n) is 5.27. The summed E-state index contributed by atoms with van der Waals surface area (Å²) in [5.74, 6) is -0.441. The normalized spacial score (nSPS) is 11.1. The van der Waals surface area contributed by atoms with Crippen LogP contribution < -0.4 is 0 Å². The van der Waals surface area contributed by atoms with Gasteiger partial charge in [0, 0.05) is 11.6 Å². The zero-order valence-electron chi connectivity index (χ0n) is 12.1. The lowest BCUT2D eigenvalue weighted by Crippen LogP contribution is -1.99. The summed E-state index contributed by atoms with van der Waals surface area (Å²) in [6.07, 6.45) is 1.68. The smallest absolute Gasteiger partial charge is 0.307 e. The molecule has 4 aromatic rings. The Morgan fingerprint density at radius 1 is 1.13 bits per heavy atom.